The van der Waals surface area contributed by atoms with E-state index < -0.39 is 0 Å². The first-order valence-electron chi connectivity index (χ1n) is 18.9. The molecule has 0 amide bonds. The standard InChI is InChI=1S/C51H33N5/c1-4-15-34(16-5-1)45-33-46(54-50(53-45)35-17-6-2-7-18-35)37-19-12-22-39(31-37)55-47-27-11-10-23-41(47)43-25-13-24-40(49(43)55)36-28-29-42-44-26-14-30-52-51(44)56(48(42)32-36)38-20-8-3-9-21-38/h1-33H. The Morgan fingerprint density at radius 1 is 0.357 bits per heavy atom. The third kappa shape index (κ3) is 5.21. The molecule has 0 unspecified atom stereocenters. The predicted molar refractivity (Wildman–Crippen MR) is 230 cm³/mol. The minimum Gasteiger partial charge on any atom is -0.309 e. The Labute approximate surface area is 323 Å². The highest BCUT2D eigenvalue weighted by atomic mass is 15.0. The number of benzene rings is 7. The van der Waals surface area contributed by atoms with Crippen molar-refractivity contribution in [3.8, 4) is 56.4 Å². The van der Waals surface area contributed by atoms with E-state index >= 15 is 0 Å². The Balaban J connectivity index is 1.13. The van der Waals surface area contributed by atoms with Gasteiger partial charge in [0.05, 0.1) is 27.9 Å². The fourth-order valence-corrected chi connectivity index (χ4v) is 8.24. The molecule has 11 rings (SSSR count). The largest absolute Gasteiger partial charge is 0.309 e. The molecule has 0 aliphatic rings. The molecular formula is C51H33N5. The maximum atomic E-state index is 5.16. The zero-order valence-electron chi connectivity index (χ0n) is 30.3. The van der Waals surface area contributed by atoms with Crippen LogP contribution in [-0.2, 0) is 0 Å². The Kier molecular flexibility index (Phi) is 7.42. The first kappa shape index (κ1) is 31.9. The number of hydrogen-bond acceptors (Lipinski definition) is 3. The van der Waals surface area contributed by atoms with E-state index in [1.165, 1.54) is 16.2 Å². The van der Waals surface area contributed by atoms with Gasteiger partial charge < -0.3 is 4.57 Å². The molecule has 0 saturated heterocycles. The summed E-state index contributed by atoms with van der Waals surface area (Å²) in [4.78, 5) is 15.1. The van der Waals surface area contributed by atoms with Crippen LogP contribution in [0.1, 0.15) is 0 Å². The van der Waals surface area contributed by atoms with Crippen LogP contribution < -0.4 is 0 Å². The highest BCUT2D eigenvalue weighted by Gasteiger charge is 2.20. The molecule has 11 aromatic rings. The maximum absolute atomic E-state index is 5.16. The van der Waals surface area contributed by atoms with Crippen molar-refractivity contribution < 1.29 is 0 Å². The van der Waals surface area contributed by atoms with Gasteiger partial charge >= 0.3 is 0 Å². The molecule has 4 heterocycles. The molecule has 7 aromatic carbocycles. The van der Waals surface area contributed by atoms with Crippen molar-refractivity contribution in [1.82, 2.24) is 24.1 Å². The second-order valence-electron chi connectivity index (χ2n) is 14.1. The number of pyridine rings is 1. The van der Waals surface area contributed by atoms with Crippen molar-refractivity contribution in [2.45, 2.75) is 0 Å². The van der Waals surface area contributed by atoms with Gasteiger partial charge in [0.1, 0.15) is 5.65 Å². The lowest BCUT2D eigenvalue weighted by atomic mass is 10.00. The smallest absolute Gasteiger partial charge is 0.160 e. The number of nitrogens with zero attached hydrogens (tertiary/aromatic N) is 5. The number of fused-ring (bicyclic) bond motifs is 6. The topological polar surface area (TPSA) is 48.5 Å². The van der Waals surface area contributed by atoms with Gasteiger partial charge in [0.15, 0.2) is 5.82 Å². The third-order valence-electron chi connectivity index (χ3n) is 10.8. The SMILES string of the molecule is c1ccc(-c2cc(-c3cccc(-n4c5ccccc5c5cccc(-c6ccc7c8cccnc8n(-c8ccccc8)c7c6)c54)c3)nc(-c3ccccc3)n2)cc1. The first-order chi connectivity index (χ1) is 27.8. The summed E-state index contributed by atoms with van der Waals surface area (Å²) in [6, 6.07) is 68.3. The summed E-state index contributed by atoms with van der Waals surface area (Å²) >= 11 is 0. The van der Waals surface area contributed by atoms with E-state index in [9.17, 15) is 0 Å². The van der Waals surface area contributed by atoms with Gasteiger partial charge in [-0.25, -0.2) is 15.0 Å². The van der Waals surface area contributed by atoms with Gasteiger partial charge in [-0.1, -0.05) is 140 Å². The van der Waals surface area contributed by atoms with Gasteiger partial charge in [0.2, 0.25) is 0 Å². The molecule has 5 nitrogen and oxygen atoms in total. The van der Waals surface area contributed by atoms with Crippen molar-refractivity contribution in [1.29, 1.82) is 0 Å². The lowest BCUT2D eigenvalue weighted by Gasteiger charge is -2.14. The fourth-order valence-electron chi connectivity index (χ4n) is 8.24. The molecule has 0 saturated carbocycles. The second kappa shape index (κ2) is 13.0. The molecule has 0 atom stereocenters. The normalized spacial score (nSPS) is 11.6. The molecule has 0 aliphatic heterocycles. The summed E-state index contributed by atoms with van der Waals surface area (Å²) in [5.41, 5.74) is 13.6. The van der Waals surface area contributed by atoms with Crippen LogP contribution in [0.5, 0.6) is 0 Å². The van der Waals surface area contributed by atoms with Crippen LogP contribution in [0.2, 0.25) is 0 Å². The van der Waals surface area contributed by atoms with Gasteiger partial charge in [0, 0.05) is 61.4 Å². The van der Waals surface area contributed by atoms with Crippen LogP contribution in [0.4, 0.5) is 0 Å². The summed E-state index contributed by atoms with van der Waals surface area (Å²) in [6.45, 7) is 0. The van der Waals surface area contributed by atoms with Crippen molar-refractivity contribution in [3.63, 3.8) is 0 Å². The van der Waals surface area contributed by atoms with Crippen LogP contribution in [0.15, 0.2) is 200 Å². The Morgan fingerprint density at radius 3 is 1.80 bits per heavy atom. The molecule has 5 heteroatoms. The number of aromatic nitrogens is 5. The van der Waals surface area contributed by atoms with Crippen molar-refractivity contribution in [2.24, 2.45) is 0 Å². The zero-order valence-corrected chi connectivity index (χ0v) is 30.3. The fraction of sp³-hybridized carbons (Fsp3) is 0. The summed E-state index contributed by atoms with van der Waals surface area (Å²) in [5, 5.41) is 4.72. The lowest BCUT2D eigenvalue weighted by Crippen LogP contribution is -1.98. The Morgan fingerprint density at radius 2 is 0.982 bits per heavy atom. The van der Waals surface area contributed by atoms with E-state index in [1.807, 2.05) is 36.5 Å². The second-order valence-corrected chi connectivity index (χ2v) is 14.1. The van der Waals surface area contributed by atoms with Crippen molar-refractivity contribution in [2.75, 3.05) is 0 Å². The maximum Gasteiger partial charge on any atom is 0.160 e. The van der Waals surface area contributed by atoms with E-state index in [0.29, 0.717) is 5.82 Å². The van der Waals surface area contributed by atoms with Gasteiger partial charge in [0.25, 0.3) is 0 Å². The van der Waals surface area contributed by atoms with Crippen molar-refractivity contribution >= 4 is 43.7 Å². The first-order valence-corrected chi connectivity index (χ1v) is 18.9. The third-order valence-corrected chi connectivity index (χ3v) is 10.8. The van der Waals surface area contributed by atoms with E-state index in [-0.39, 0.29) is 0 Å². The minimum absolute atomic E-state index is 0.699. The average Bonchev–Trinajstić information content (AvgIpc) is 3.80. The zero-order chi connectivity index (χ0) is 37.0. The Hall–Kier alpha value is -7.63. The molecule has 0 aliphatic carbocycles. The summed E-state index contributed by atoms with van der Waals surface area (Å²) in [7, 11) is 0. The lowest BCUT2D eigenvalue weighted by molar-refractivity contribution is 1.14. The van der Waals surface area contributed by atoms with Crippen LogP contribution in [-0.4, -0.2) is 24.1 Å². The van der Waals surface area contributed by atoms with Gasteiger partial charge in [-0.05, 0) is 60.2 Å². The molecule has 0 spiro atoms. The van der Waals surface area contributed by atoms with Crippen LogP contribution in [0.3, 0.4) is 0 Å². The van der Waals surface area contributed by atoms with Gasteiger partial charge in [-0.2, -0.15) is 0 Å². The molecule has 0 N–H and O–H groups in total. The minimum atomic E-state index is 0.699. The molecule has 0 radical (unpaired) electrons. The molecule has 0 fully saturated rings. The summed E-state index contributed by atoms with van der Waals surface area (Å²) in [6.07, 6.45) is 1.88. The van der Waals surface area contributed by atoms with Crippen LogP contribution in [0.25, 0.3) is 100 Å². The molecule has 262 valence electrons. The van der Waals surface area contributed by atoms with E-state index in [2.05, 4.69) is 173 Å². The van der Waals surface area contributed by atoms with Gasteiger partial charge in [-0.15, -0.1) is 0 Å². The highest BCUT2D eigenvalue weighted by molar-refractivity contribution is 6.15. The van der Waals surface area contributed by atoms with E-state index in [4.69, 9.17) is 15.0 Å². The molecular weight excluding hydrogens is 683 g/mol. The average molecular weight is 716 g/mol. The molecule has 56 heavy (non-hydrogen) atoms. The number of hydrogen-bond donors (Lipinski definition) is 0. The molecule has 4 aromatic heterocycles. The van der Waals surface area contributed by atoms with Crippen LogP contribution in [0, 0.1) is 0 Å². The van der Waals surface area contributed by atoms with E-state index in [1.54, 1.807) is 0 Å². The Bertz CT molecular complexity index is 3180. The predicted octanol–water partition coefficient (Wildman–Crippen LogP) is 12.7. The number of rotatable bonds is 6. The van der Waals surface area contributed by atoms with Crippen LogP contribution >= 0.6 is 0 Å². The van der Waals surface area contributed by atoms with Crippen molar-refractivity contribution in [3.05, 3.63) is 200 Å². The monoisotopic (exact) mass is 715 g/mol. The van der Waals surface area contributed by atoms with Gasteiger partial charge in [-0.3, -0.25) is 4.57 Å². The summed E-state index contributed by atoms with van der Waals surface area (Å²) in [5.74, 6) is 0.699. The summed E-state index contributed by atoms with van der Waals surface area (Å²) < 4.78 is 4.70. The highest BCUT2D eigenvalue weighted by Crippen LogP contribution is 2.41. The number of para-hydroxylation sites is 3. The van der Waals surface area contributed by atoms with E-state index in [0.717, 1.165) is 78.2 Å². The molecule has 0 bridgehead atoms. The quantitative estimate of drug-likeness (QED) is 0.172.